The Balaban J connectivity index is 4.36. The number of carbonyl (C=O) groups excluding carboxylic acids is 1. The maximum Gasteiger partial charge on any atom is 0.239 e. The third kappa shape index (κ3) is 6.96. The molecule has 0 bridgehead atoms. The summed E-state index contributed by atoms with van der Waals surface area (Å²) in [6, 6.07) is -0.624. The number of rotatable bonds is 7. The van der Waals surface area contributed by atoms with Crippen molar-refractivity contribution in [3.8, 4) is 0 Å². The van der Waals surface area contributed by atoms with Gasteiger partial charge in [0, 0.05) is 19.3 Å². The summed E-state index contributed by atoms with van der Waals surface area (Å²) in [5.74, 6) is 0.265. The Hall–Kier alpha value is -0.620. The number of carbonyl (C=O) groups is 1. The van der Waals surface area contributed by atoms with Gasteiger partial charge in [0.2, 0.25) is 5.91 Å². The van der Waals surface area contributed by atoms with Gasteiger partial charge in [-0.2, -0.15) is 0 Å². The lowest BCUT2D eigenvalue weighted by Gasteiger charge is -2.28. The van der Waals surface area contributed by atoms with E-state index in [1.807, 2.05) is 6.92 Å². The molecule has 0 fully saturated rings. The highest BCUT2D eigenvalue weighted by atomic mass is 32.2. The van der Waals surface area contributed by atoms with Crippen LogP contribution in [0.5, 0.6) is 0 Å². The van der Waals surface area contributed by atoms with Gasteiger partial charge in [-0.25, -0.2) is 8.42 Å². The van der Waals surface area contributed by atoms with Crippen LogP contribution in [0.2, 0.25) is 0 Å². The molecule has 0 spiro atoms. The van der Waals surface area contributed by atoms with E-state index in [0.717, 1.165) is 12.7 Å². The Bertz CT molecular complexity index is 366. The fourth-order valence-corrected chi connectivity index (χ4v) is 2.47. The second-order valence-electron chi connectivity index (χ2n) is 5.45. The maximum absolute atomic E-state index is 12.0. The molecule has 0 rings (SSSR count). The van der Waals surface area contributed by atoms with Crippen LogP contribution in [0.3, 0.4) is 0 Å². The van der Waals surface area contributed by atoms with Crippen LogP contribution in [0.1, 0.15) is 33.6 Å². The molecule has 0 aliphatic rings. The third-order valence-electron chi connectivity index (χ3n) is 2.94. The largest absolute Gasteiger partial charge is 0.342 e. The quantitative estimate of drug-likeness (QED) is 0.741. The Labute approximate surface area is 111 Å². The van der Waals surface area contributed by atoms with Gasteiger partial charge in [0.1, 0.15) is 9.84 Å². The highest BCUT2D eigenvalue weighted by molar-refractivity contribution is 7.90. The highest BCUT2D eigenvalue weighted by Crippen LogP contribution is 2.11. The fraction of sp³-hybridized carbons (Fsp3) is 0.917. The molecule has 0 aromatic heterocycles. The van der Waals surface area contributed by atoms with Crippen molar-refractivity contribution in [1.29, 1.82) is 0 Å². The van der Waals surface area contributed by atoms with Gasteiger partial charge in [-0.3, -0.25) is 4.79 Å². The summed E-state index contributed by atoms with van der Waals surface area (Å²) < 4.78 is 22.1. The SMILES string of the molecule is CC(C)CC(C)N(C)C(=O)C(N)CCS(C)(=O)=O. The Morgan fingerprint density at radius 3 is 2.17 bits per heavy atom. The van der Waals surface area contributed by atoms with Crippen molar-refractivity contribution < 1.29 is 13.2 Å². The molecule has 2 N–H and O–H groups in total. The Morgan fingerprint density at radius 2 is 1.78 bits per heavy atom. The zero-order valence-corrected chi connectivity index (χ0v) is 12.8. The predicted octanol–water partition coefficient (Wildman–Crippen LogP) is 0.641. The molecule has 108 valence electrons. The van der Waals surface area contributed by atoms with Crippen molar-refractivity contribution in [2.24, 2.45) is 11.7 Å². The second-order valence-corrected chi connectivity index (χ2v) is 7.71. The first kappa shape index (κ1) is 17.4. The van der Waals surface area contributed by atoms with E-state index in [9.17, 15) is 13.2 Å². The topological polar surface area (TPSA) is 80.5 Å². The number of hydrogen-bond acceptors (Lipinski definition) is 4. The van der Waals surface area contributed by atoms with Crippen LogP contribution in [0.4, 0.5) is 0 Å². The van der Waals surface area contributed by atoms with E-state index in [4.69, 9.17) is 5.73 Å². The maximum atomic E-state index is 12.0. The average Bonchev–Trinajstić information content (AvgIpc) is 2.21. The zero-order chi connectivity index (χ0) is 14.5. The van der Waals surface area contributed by atoms with Gasteiger partial charge in [-0.1, -0.05) is 13.8 Å². The molecule has 0 saturated carbocycles. The second kappa shape index (κ2) is 7.09. The molecule has 0 saturated heterocycles. The minimum absolute atomic E-state index is 0.0493. The standard InChI is InChI=1S/C12H26N2O3S/c1-9(2)8-10(3)14(4)12(15)11(13)6-7-18(5,16)17/h9-11H,6-8,13H2,1-5H3. The molecule has 2 atom stereocenters. The Kier molecular flexibility index (Phi) is 6.84. The summed E-state index contributed by atoms with van der Waals surface area (Å²) >= 11 is 0. The monoisotopic (exact) mass is 278 g/mol. The minimum Gasteiger partial charge on any atom is -0.342 e. The van der Waals surface area contributed by atoms with Gasteiger partial charge in [0.15, 0.2) is 0 Å². The van der Waals surface area contributed by atoms with E-state index in [1.165, 1.54) is 0 Å². The summed E-state index contributed by atoms with van der Waals surface area (Å²) in [5.41, 5.74) is 5.74. The van der Waals surface area contributed by atoms with E-state index < -0.39 is 15.9 Å². The van der Waals surface area contributed by atoms with Gasteiger partial charge in [-0.15, -0.1) is 0 Å². The van der Waals surface area contributed by atoms with E-state index in [1.54, 1.807) is 11.9 Å². The van der Waals surface area contributed by atoms with Crippen molar-refractivity contribution >= 4 is 15.7 Å². The number of nitrogens with two attached hydrogens (primary N) is 1. The van der Waals surface area contributed by atoms with Crippen LogP contribution in [0.15, 0.2) is 0 Å². The summed E-state index contributed by atoms with van der Waals surface area (Å²) in [5, 5.41) is 0. The van der Waals surface area contributed by atoms with Gasteiger partial charge in [-0.05, 0) is 25.7 Å². The highest BCUT2D eigenvalue weighted by Gasteiger charge is 2.23. The summed E-state index contributed by atoms with van der Waals surface area (Å²) in [4.78, 5) is 13.6. The molecule has 5 nitrogen and oxygen atoms in total. The van der Waals surface area contributed by atoms with Crippen LogP contribution in [-0.4, -0.2) is 50.4 Å². The van der Waals surface area contributed by atoms with Crippen molar-refractivity contribution in [1.82, 2.24) is 4.90 Å². The first-order valence-corrected chi connectivity index (χ1v) is 8.30. The molecule has 6 heteroatoms. The molecular weight excluding hydrogens is 252 g/mol. The molecule has 18 heavy (non-hydrogen) atoms. The van der Waals surface area contributed by atoms with E-state index in [-0.39, 0.29) is 24.1 Å². The molecule has 0 aromatic carbocycles. The summed E-state index contributed by atoms with van der Waals surface area (Å²) in [7, 11) is -1.35. The smallest absolute Gasteiger partial charge is 0.239 e. The molecule has 1 amide bonds. The number of sulfone groups is 1. The molecular formula is C12H26N2O3S. The van der Waals surface area contributed by atoms with Crippen LogP contribution < -0.4 is 5.73 Å². The number of amides is 1. The van der Waals surface area contributed by atoms with Gasteiger partial charge >= 0.3 is 0 Å². The molecule has 0 heterocycles. The van der Waals surface area contributed by atoms with Gasteiger partial charge < -0.3 is 10.6 Å². The molecule has 0 aliphatic carbocycles. The minimum atomic E-state index is -3.07. The van der Waals surface area contributed by atoms with Crippen molar-refractivity contribution in [3.63, 3.8) is 0 Å². The number of hydrogen-bond donors (Lipinski definition) is 1. The van der Waals surface area contributed by atoms with Gasteiger partial charge in [0.25, 0.3) is 0 Å². The number of likely N-dealkylation sites (N-methyl/N-ethyl adjacent to an activating group) is 1. The fourth-order valence-electron chi connectivity index (χ4n) is 1.78. The van der Waals surface area contributed by atoms with Crippen molar-refractivity contribution in [3.05, 3.63) is 0 Å². The summed E-state index contributed by atoms with van der Waals surface area (Å²) in [6.45, 7) is 6.16. The zero-order valence-electron chi connectivity index (χ0n) is 12.0. The van der Waals surface area contributed by atoms with Crippen molar-refractivity contribution in [2.45, 2.75) is 45.7 Å². The summed E-state index contributed by atoms with van der Waals surface area (Å²) in [6.07, 6.45) is 2.23. The lowest BCUT2D eigenvalue weighted by molar-refractivity contribution is -0.133. The normalized spacial score (nSPS) is 15.5. The van der Waals surface area contributed by atoms with Crippen LogP contribution in [-0.2, 0) is 14.6 Å². The Morgan fingerprint density at radius 1 is 1.28 bits per heavy atom. The molecule has 0 radical (unpaired) electrons. The first-order valence-electron chi connectivity index (χ1n) is 6.24. The third-order valence-corrected chi connectivity index (χ3v) is 3.92. The molecule has 0 aliphatic heterocycles. The predicted molar refractivity (Wildman–Crippen MR) is 74.0 cm³/mol. The molecule has 0 aromatic rings. The van der Waals surface area contributed by atoms with E-state index >= 15 is 0 Å². The van der Waals surface area contributed by atoms with Crippen LogP contribution in [0.25, 0.3) is 0 Å². The van der Waals surface area contributed by atoms with E-state index in [2.05, 4.69) is 13.8 Å². The van der Waals surface area contributed by atoms with Crippen molar-refractivity contribution in [2.75, 3.05) is 19.1 Å². The van der Waals surface area contributed by atoms with Crippen LogP contribution >= 0.6 is 0 Å². The average molecular weight is 278 g/mol. The number of nitrogens with zero attached hydrogens (tertiary/aromatic N) is 1. The van der Waals surface area contributed by atoms with Gasteiger partial charge in [0.05, 0.1) is 11.8 Å². The lowest BCUT2D eigenvalue weighted by atomic mass is 10.0. The van der Waals surface area contributed by atoms with Crippen LogP contribution in [0, 0.1) is 5.92 Å². The first-order chi connectivity index (χ1) is 8.04. The molecule has 2 unspecified atom stereocenters. The van der Waals surface area contributed by atoms with E-state index in [0.29, 0.717) is 5.92 Å². The lowest BCUT2D eigenvalue weighted by Crippen LogP contribution is -2.46.